The van der Waals surface area contributed by atoms with E-state index < -0.39 is 0 Å². The Kier molecular flexibility index (Phi) is 5.94. The molecule has 2 rings (SSSR count). The first kappa shape index (κ1) is 16.2. The first-order valence-electron chi connectivity index (χ1n) is 7.20. The molecular formula is C16H22ClN3O. The number of likely N-dealkylation sites (N-methyl/N-ethyl adjacent to an activating group) is 1. The number of pyridine rings is 1. The summed E-state index contributed by atoms with van der Waals surface area (Å²) in [6, 6.07) is 7.92. The van der Waals surface area contributed by atoms with Crippen molar-refractivity contribution in [3.8, 4) is 0 Å². The van der Waals surface area contributed by atoms with Crippen LogP contribution < -0.4 is 5.73 Å². The first-order valence-corrected chi connectivity index (χ1v) is 7.58. The Morgan fingerprint density at radius 3 is 2.90 bits per heavy atom. The number of fused-ring (bicyclic) bond motifs is 1. The van der Waals surface area contributed by atoms with E-state index in [1.54, 1.807) is 6.20 Å². The lowest BCUT2D eigenvalue weighted by atomic mass is 10.0. The van der Waals surface area contributed by atoms with Gasteiger partial charge in [-0.1, -0.05) is 17.7 Å². The summed E-state index contributed by atoms with van der Waals surface area (Å²) in [5, 5.41) is 1.68. The summed E-state index contributed by atoms with van der Waals surface area (Å²) in [4.78, 5) is 6.69. The van der Waals surface area contributed by atoms with E-state index in [0.29, 0.717) is 13.2 Å². The van der Waals surface area contributed by atoms with Crippen LogP contribution in [0.15, 0.2) is 30.5 Å². The van der Waals surface area contributed by atoms with Gasteiger partial charge in [-0.05, 0) is 37.7 Å². The summed E-state index contributed by atoms with van der Waals surface area (Å²) >= 11 is 6.25. The van der Waals surface area contributed by atoms with Gasteiger partial charge in [-0.25, -0.2) is 0 Å². The lowest BCUT2D eigenvalue weighted by molar-refractivity contribution is 0.108. The molecule has 1 aromatic carbocycles. The van der Waals surface area contributed by atoms with E-state index in [1.165, 1.54) is 0 Å². The minimum absolute atomic E-state index is 0.0973. The van der Waals surface area contributed by atoms with Crippen molar-refractivity contribution >= 4 is 22.5 Å². The van der Waals surface area contributed by atoms with Crippen LogP contribution >= 0.6 is 11.6 Å². The van der Waals surface area contributed by atoms with E-state index in [4.69, 9.17) is 22.1 Å². The smallest absolute Gasteiger partial charge is 0.0765 e. The highest BCUT2D eigenvalue weighted by molar-refractivity contribution is 6.35. The summed E-state index contributed by atoms with van der Waals surface area (Å²) in [6.07, 6.45) is 1.79. The number of hydrogen-bond donors (Lipinski definition) is 1. The van der Waals surface area contributed by atoms with Crippen LogP contribution in [-0.2, 0) is 4.74 Å². The molecule has 1 heterocycles. The summed E-state index contributed by atoms with van der Waals surface area (Å²) in [7, 11) is 2.06. The van der Waals surface area contributed by atoms with Crippen LogP contribution in [0.2, 0.25) is 5.02 Å². The van der Waals surface area contributed by atoms with Gasteiger partial charge in [-0.2, -0.15) is 0 Å². The zero-order valence-corrected chi connectivity index (χ0v) is 13.3. The Morgan fingerprint density at radius 1 is 1.38 bits per heavy atom. The molecule has 0 bridgehead atoms. The number of halogens is 1. The number of ether oxygens (including phenoxy) is 1. The molecule has 0 amide bonds. The molecule has 114 valence electrons. The van der Waals surface area contributed by atoms with Crippen molar-refractivity contribution < 1.29 is 4.74 Å². The first-order chi connectivity index (χ1) is 10.2. The number of rotatable bonds is 7. The number of benzene rings is 1. The van der Waals surface area contributed by atoms with Crippen LogP contribution in [0.3, 0.4) is 0 Å². The normalized spacial score (nSPS) is 13.0. The zero-order valence-electron chi connectivity index (χ0n) is 12.6. The number of nitrogens with two attached hydrogens (primary N) is 1. The molecule has 4 nitrogen and oxygen atoms in total. The van der Waals surface area contributed by atoms with Gasteiger partial charge in [0.05, 0.1) is 12.1 Å². The lowest BCUT2D eigenvalue weighted by Crippen LogP contribution is -2.33. The van der Waals surface area contributed by atoms with E-state index in [-0.39, 0.29) is 6.04 Å². The predicted octanol–water partition coefficient (Wildman–Crippen LogP) is 2.86. The second kappa shape index (κ2) is 7.71. The zero-order chi connectivity index (χ0) is 15.2. The molecule has 0 fully saturated rings. The van der Waals surface area contributed by atoms with Crippen LogP contribution in [0.5, 0.6) is 0 Å². The predicted molar refractivity (Wildman–Crippen MR) is 87.7 cm³/mol. The van der Waals surface area contributed by atoms with Crippen LogP contribution in [0.25, 0.3) is 10.9 Å². The number of hydrogen-bond acceptors (Lipinski definition) is 4. The van der Waals surface area contributed by atoms with Gasteiger partial charge >= 0.3 is 0 Å². The van der Waals surface area contributed by atoms with Crippen LogP contribution in [-0.4, -0.2) is 43.2 Å². The molecule has 0 aliphatic rings. The molecule has 1 unspecified atom stereocenters. The topological polar surface area (TPSA) is 51.4 Å². The molecule has 0 saturated carbocycles. The van der Waals surface area contributed by atoms with Gasteiger partial charge in [-0.3, -0.25) is 9.88 Å². The third-order valence-electron chi connectivity index (χ3n) is 3.65. The highest BCUT2D eigenvalue weighted by Crippen LogP contribution is 2.30. The second-order valence-electron chi connectivity index (χ2n) is 4.97. The molecular weight excluding hydrogens is 286 g/mol. The molecule has 1 aromatic heterocycles. The molecule has 21 heavy (non-hydrogen) atoms. The van der Waals surface area contributed by atoms with E-state index >= 15 is 0 Å². The summed E-state index contributed by atoms with van der Waals surface area (Å²) in [5.41, 5.74) is 8.02. The van der Waals surface area contributed by atoms with Gasteiger partial charge in [-0.15, -0.1) is 0 Å². The fourth-order valence-corrected chi connectivity index (χ4v) is 2.70. The second-order valence-corrected chi connectivity index (χ2v) is 5.37. The molecule has 0 aliphatic carbocycles. The summed E-state index contributed by atoms with van der Waals surface area (Å²) in [5.74, 6) is 0. The quantitative estimate of drug-likeness (QED) is 0.799. The standard InChI is InChI=1S/C16H22ClN3O/c1-3-21-10-9-20(2)15(11-18)13-6-7-14(17)12-5-4-8-19-16(12)13/h4-8,15H,3,9-11,18H2,1-2H3. The summed E-state index contributed by atoms with van der Waals surface area (Å²) in [6.45, 7) is 4.77. The van der Waals surface area contributed by atoms with Crippen LogP contribution in [0.1, 0.15) is 18.5 Å². The Labute approximate surface area is 130 Å². The van der Waals surface area contributed by atoms with Gasteiger partial charge in [0.25, 0.3) is 0 Å². The maximum atomic E-state index is 6.25. The highest BCUT2D eigenvalue weighted by Gasteiger charge is 2.19. The van der Waals surface area contributed by atoms with E-state index in [9.17, 15) is 0 Å². The van der Waals surface area contributed by atoms with Gasteiger partial charge in [0.2, 0.25) is 0 Å². The molecule has 5 heteroatoms. The maximum Gasteiger partial charge on any atom is 0.0765 e. The fraction of sp³-hybridized carbons (Fsp3) is 0.438. The SMILES string of the molecule is CCOCCN(C)C(CN)c1ccc(Cl)c2cccnc12. The lowest BCUT2D eigenvalue weighted by Gasteiger charge is -2.28. The van der Waals surface area contributed by atoms with Crippen molar-refractivity contribution in [2.75, 3.05) is 33.4 Å². The van der Waals surface area contributed by atoms with Crippen molar-refractivity contribution in [3.05, 3.63) is 41.0 Å². The van der Waals surface area contributed by atoms with E-state index in [0.717, 1.165) is 34.6 Å². The molecule has 0 radical (unpaired) electrons. The molecule has 0 spiro atoms. The monoisotopic (exact) mass is 307 g/mol. The average Bonchev–Trinajstić information content (AvgIpc) is 2.51. The minimum Gasteiger partial charge on any atom is -0.380 e. The van der Waals surface area contributed by atoms with Crippen molar-refractivity contribution in [1.29, 1.82) is 0 Å². The van der Waals surface area contributed by atoms with Gasteiger partial charge in [0, 0.05) is 42.3 Å². The van der Waals surface area contributed by atoms with Gasteiger partial charge < -0.3 is 10.5 Å². The summed E-state index contributed by atoms with van der Waals surface area (Å²) < 4.78 is 5.42. The molecule has 1 atom stereocenters. The maximum absolute atomic E-state index is 6.25. The molecule has 0 saturated heterocycles. The Balaban J connectivity index is 2.32. The van der Waals surface area contributed by atoms with Crippen molar-refractivity contribution in [2.24, 2.45) is 5.73 Å². The Morgan fingerprint density at radius 2 is 2.19 bits per heavy atom. The highest BCUT2D eigenvalue weighted by atomic mass is 35.5. The van der Waals surface area contributed by atoms with Crippen LogP contribution in [0, 0.1) is 0 Å². The van der Waals surface area contributed by atoms with Crippen LogP contribution in [0.4, 0.5) is 0 Å². The Bertz CT molecular complexity index is 591. The van der Waals surface area contributed by atoms with Crippen molar-refractivity contribution in [3.63, 3.8) is 0 Å². The minimum atomic E-state index is 0.0973. The number of aromatic nitrogens is 1. The van der Waals surface area contributed by atoms with Gasteiger partial charge in [0.1, 0.15) is 0 Å². The number of nitrogens with zero attached hydrogens (tertiary/aromatic N) is 2. The van der Waals surface area contributed by atoms with Crippen molar-refractivity contribution in [1.82, 2.24) is 9.88 Å². The third-order valence-corrected chi connectivity index (χ3v) is 3.98. The Hall–Kier alpha value is -1.20. The van der Waals surface area contributed by atoms with Gasteiger partial charge in [0.15, 0.2) is 0 Å². The van der Waals surface area contributed by atoms with Crippen molar-refractivity contribution in [2.45, 2.75) is 13.0 Å². The molecule has 2 aromatic rings. The fourth-order valence-electron chi connectivity index (χ4n) is 2.48. The average molecular weight is 308 g/mol. The largest absolute Gasteiger partial charge is 0.380 e. The third kappa shape index (κ3) is 3.71. The molecule has 2 N–H and O–H groups in total. The molecule has 0 aliphatic heterocycles. The van der Waals surface area contributed by atoms with E-state index in [1.807, 2.05) is 31.2 Å². The van der Waals surface area contributed by atoms with E-state index in [2.05, 4.69) is 16.9 Å².